The van der Waals surface area contributed by atoms with Crippen molar-refractivity contribution in [1.29, 1.82) is 0 Å². The summed E-state index contributed by atoms with van der Waals surface area (Å²) in [5.41, 5.74) is 4.19. The topological polar surface area (TPSA) is 12.5 Å². The van der Waals surface area contributed by atoms with Crippen molar-refractivity contribution in [2.45, 2.75) is 13.8 Å². The molecule has 0 radical (unpaired) electrons. The Hall–Kier alpha value is -2.26. The molecule has 158 valence electrons. The molecule has 4 heteroatoms. The lowest BCUT2D eigenvalue weighted by Crippen LogP contribution is -2.27. The number of likely N-dealkylation sites (N-methyl/N-ethyl adjacent to an activating group) is 1. The molecule has 0 atom stereocenters. The molecule has 0 unspecified atom stereocenters. The van der Waals surface area contributed by atoms with Crippen molar-refractivity contribution in [3.05, 3.63) is 102 Å². The molecule has 30 heavy (non-hydrogen) atoms. The third-order valence-electron chi connectivity index (χ3n) is 5.02. The second-order valence-electron chi connectivity index (χ2n) is 6.82. The van der Waals surface area contributed by atoms with Gasteiger partial charge in [0.15, 0.2) is 0 Å². The molecule has 0 bridgehead atoms. The van der Waals surface area contributed by atoms with E-state index in [2.05, 4.69) is 43.0 Å². The summed E-state index contributed by atoms with van der Waals surface area (Å²) in [5, 5.41) is 0.743. The van der Waals surface area contributed by atoms with Crippen LogP contribution in [0, 0.1) is 0 Å². The summed E-state index contributed by atoms with van der Waals surface area (Å²) in [4.78, 5) is 2.35. The molecule has 0 aliphatic carbocycles. The van der Waals surface area contributed by atoms with Gasteiger partial charge in [0.1, 0.15) is 12.4 Å². The first-order valence-electron chi connectivity index (χ1n) is 10.2. The molecule has 0 spiro atoms. The van der Waals surface area contributed by atoms with Gasteiger partial charge < -0.3 is 9.64 Å². The molecule has 0 aliphatic rings. The summed E-state index contributed by atoms with van der Waals surface area (Å²) < 4.78 is 5.94. The third kappa shape index (κ3) is 6.37. The standard InChI is InChI=1S/C26H28ClNO.ClH/c1-3-28(4-2)19-20-29-24-17-15-22(16-18-24)25(21-11-7-5-8-12-21)26(27)23-13-9-6-10-14-23;/h5-18H,3-4,19-20H2,1-2H3;1H/b26-25+;. The molecular formula is C26H29Cl2NO. The van der Waals surface area contributed by atoms with Gasteiger partial charge in [0.25, 0.3) is 0 Å². The van der Waals surface area contributed by atoms with Crippen molar-refractivity contribution in [3.63, 3.8) is 0 Å². The number of hydrogen-bond acceptors (Lipinski definition) is 2. The fourth-order valence-corrected chi connectivity index (χ4v) is 3.65. The molecule has 0 aromatic heterocycles. The first-order chi connectivity index (χ1) is 14.2. The van der Waals surface area contributed by atoms with Crippen LogP contribution in [0.1, 0.15) is 30.5 Å². The van der Waals surface area contributed by atoms with E-state index >= 15 is 0 Å². The predicted octanol–water partition coefficient (Wildman–Crippen LogP) is 6.98. The van der Waals surface area contributed by atoms with E-state index in [1.165, 1.54) is 0 Å². The van der Waals surface area contributed by atoms with Crippen molar-refractivity contribution in [1.82, 2.24) is 4.90 Å². The molecule has 0 aliphatic heterocycles. The van der Waals surface area contributed by atoms with Crippen molar-refractivity contribution in [2.75, 3.05) is 26.2 Å². The minimum atomic E-state index is 0. The van der Waals surface area contributed by atoms with Gasteiger partial charge in [-0.2, -0.15) is 0 Å². The summed E-state index contributed by atoms with van der Waals surface area (Å²) >= 11 is 6.87. The molecule has 3 aromatic rings. The lowest BCUT2D eigenvalue weighted by Gasteiger charge is -2.18. The van der Waals surface area contributed by atoms with Crippen molar-refractivity contribution in [2.24, 2.45) is 0 Å². The Labute approximate surface area is 191 Å². The second kappa shape index (κ2) is 12.4. The Kier molecular flexibility index (Phi) is 9.96. The minimum Gasteiger partial charge on any atom is -0.492 e. The molecule has 0 N–H and O–H groups in total. The van der Waals surface area contributed by atoms with Gasteiger partial charge in [-0.15, -0.1) is 12.4 Å². The van der Waals surface area contributed by atoms with Crippen LogP contribution in [0.5, 0.6) is 5.75 Å². The molecule has 0 fully saturated rings. The lowest BCUT2D eigenvalue weighted by molar-refractivity contribution is 0.223. The van der Waals surface area contributed by atoms with E-state index in [9.17, 15) is 0 Å². The largest absolute Gasteiger partial charge is 0.492 e. The molecule has 0 heterocycles. The van der Waals surface area contributed by atoms with Crippen LogP contribution >= 0.6 is 24.0 Å². The van der Waals surface area contributed by atoms with Crippen molar-refractivity contribution < 1.29 is 4.74 Å². The molecule has 3 rings (SSSR count). The number of ether oxygens (including phenoxy) is 1. The number of halogens is 2. The van der Waals surface area contributed by atoms with Gasteiger partial charge in [-0.3, -0.25) is 0 Å². The zero-order valence-corrected chi connectivity index (χ0v) is 19.1. The van der Waals surface area contributed by atoms with Gasteiger partial charge in [-0.05, 0) is 41.9 Å². The fraction of sp³-hybridized carbons (Fsp3) is 0.231. The summed E-state index contributed by atoms with van der Waals surface area (Å²) in [5.74, 6) is 0.879. The Bertz CT molecular complexity index is 905. The molecule has 0 saturated heterocycles. The van der Waals surface area contributed by atoms with E-state index in [4.69, 9.17) is 16.3 Å². The zero-order chi connectivity index (χ0) is 20.5. The zero-order valence-electron chi connectivity index (χ0n) is 17.6. The maximum absolute atomic E-state index is 6.87. The van der Waals surface area contributed by atoms with Gasteiger partial charge in [0.2, 0.25) is 0 Å². The smallest absolute Gasteiger partial charge is 0.119 e. The highest BCUT2D eigenvalue weighted by molar-refractivity contribution is 6.53. The van der Waals surface area contributed by atoms with Crippen molar-refractivity contribution in [3.8, 4) is 5.75 Å². The Balaban J connectivity index is 0.00000320. The van der Waals surface area contributed by atoms with Crippen LogP contribution in [-0.4, -0.2) is 31.1 Å². The highest BCUT2D eigenvalue weighted by Gasteiger charge is 2.12. The summed E-state index contributed by atoms with van der Waals surface area (Å²) in [6, 6.07) is 28.6. The van der Waals surface area contributed by atoms with Crippen LogP contribution in [0.3, 0.4) is 0 Å². The minimum absolute atomic E-state index is 0. The molecular weight excluding hydrogens is 413 g/mol. The number of rotatable bonds is 9. The molecule has 3 aromatic carbocycles. The Morgan fingerprint density at radius 1 is 0.733 bits per heavy atom. The van der Waals surface area contributed by atoms with E-state index in [0.717, 1.165) is 52.7 Å². The van der Waals surface area contributed by atoms with Gasteiger partial charge in [0.05, 0.1) is 5.03 Å². The first-order valence-corrected chi connectivity index (χ1v) is 10.6. The summed E-state index contributed by atoms with van der Waals surface area (Å²) in [7, 11) is 0. The maximum Gasteiger partial charge on any atom is 0.119 e. The SMILES string of the molecule is CCN(CC)CCOc1ccc(/C(=C(/Cl)c2ccccc2)c2ccccc2)cc1.Cl. The van der Waals surface area contributed by atoms with Crippen LogP contribution in [0.15, 0.2) is 84.9 Å². The molecule has 0 amide bonds. The normalized spacial score (nSPS) is 11.6. The highest BCUT2D eigenvalue weighted by Crippen LogP contribution is 2.35. The van der Waals surface area contributed by atoms with Crippen LogP contribution < -0.4 is 4.74 Å². The third-order valence-corrected chi connectivity index (χ3v) is 5.43. The average molecular weight is 442 g/mol. The second-order valence-corrected chi connectivity index (χ2v) is 7.20. The number of nitrogens with zero attached hydrogens (tertiary/aromatic N) is 1. The first kappa shape index (κ1) is 24.0. The Morgan fingerprint density at radius 2 is 1.23 bits per heavy atom. The molecule has 2 nitrogen and oxygen atoms in total. The van der Waals surface area contributed by atoms with Crippen LogP contribution in [0.4, 0.5) is 0 Å². The summed E-state index contributed by atoms with van der Waals surface area (Å²) in [6.07, 6.45) is 0. The van der Waals surface area contributed by atoms with Gasteiger partial charge in [0, 0.05) is 12.1 Å². The number of hydrogen-bond donors (Lipinski definition) is 0. The average Bonchev–Trinajstić information content (AvgIpc) is 2.79. The highest BCUT2D eigenvalue weighted by atomic mass is 35.5. The van der Waals surface area contributed by atoms with E-state index in [-0.39, 0.29) is 12.4 Å². The monoisotopic (exact) mass is 441 g/mol. The van der Waals surface area contributed by atoms with Gasteiger partial charge >= 0.3 is 0 Å². The quantitative estimate of drug-likeness (QED) is 0.331. The fourth-order valence-electron chi connectivity index (χ4n) is 3.30. The van der Waals surface area contributed by atoms with E-state index < -0.39 is 0 Å². The van der Waals surface area contributed by atoms with Crippen LogP contribution in [0.2, 0.25) is 0 Å². The predicted molar refractivity (Wildman–Crippen MR) is 132 cm³/mol. The van der Waals surface area contributed by atoms with Crippen molar-refractivity contribution >= 4 is 34.6 Å². The van der Waals surface area contributed by atoms with E-state index in [1.54, 1.807) is 0 Å². The van der Waals surface area contributed by atoms with Gasteiger partial charge in [-0.25, -0.2) is 0 Å². The Morgan fingerprint density at radius 3 is 1.77 bits per heavy atom. The van der Waals surface area contributed by atoms with Crippen LogP contribution in [-0.2, 0) is 0 Å². The van der Waals surface area contributed by atoms with Crippen LogP contribution in [0.25, 0.3) is 10.6 Å². The van der Waals surface area contributed by atoms with E-state index in [1.807, 2.05) is 60.7 Å². The maximum atomic E-state index is 6.87. The molecule has 0 saturated carbocycles. The van der Waals surface area contributed by atoms with Gasteiger partial charge in [-0.1, -0.05) is 98.2 Å². The lowest BCUT2D eigenvalue weighted by atomic mass is 9.95. The summed E-state index contributed by atoms with van der Waals surface area (Å²) in [6.45, 7) is 8.05. The number of benzene rings is 3. The van der Waals surface area contributed by atoms with E-state index in [0.29, 0.717) is 6.61 Å².